The molecule has 7 nitrogen and oxygen atoms in total. The van der Waals surface area contributed by atoms with E-state index in [4.69, 9.17) is 4.74 Å². The maximum absolute atomic E-state index is 9.32. The molecule has 1 heterocycles. The number of hydrogen-bond donors (Lipinski definition) is 4. The molecule has 0 bridgehead atoms. The van der Waals surface area contributed by atoms with Crippen molar-refractivity contribution >= 4 is 5.69 Å². The molecule has 0 aromatic heterocycles. The average molecular weight is 384 g/mol. The maximum Gasteiger partial charge on any atom is 0.133 e. The van der Waals surface area contributed by atoms with Gasteiger partial charge in [0.15, 0.2) is 0 Å². The van der Waals surface area contributed by atoms with Crippen molar-refractivity contribution in [3.05, 3.63) is 96.0 Å². The van der Waals surface area contributed by atoms with Gasteiger partial charge in [-0.1, -0.05) is 55.2 Å². The van der Waals surface area contributed by atoms with Crippen LogP contribution in [0.15, 0.2) is 90.4 Å². The van der Waals surface area contributed by atoms with Crippen LogP contribution in [-0.2, 0) is 0 Å². The highest BCUT2D eigenvalue weighted by molar-refractivity contribution is 5.60. The second kappa shape index (κ2) is 9.20. The third-order valence-corrected chi connectivity index (χ3v) is 4.29. The van der Waals surface area contributed by atoms with Crippen molar-refractivity contribution < 1.29 is 25.6 Å². The first-order valence-corrected chi connectivity index (χ1v) is 8.48. The van der Waals surface area contributed by atoms with Gasteiger partial charge < -0.3 is 4.74 Å². The minimum atomic E-state index is -0.236. The van der Waals surface area contributed by atoms with E-state index in [1.54, 1.807) is 30.4 Å². The number of allylic oxidation sites excluding steroid dienone is 9. The topological polar surface area (TPSA) is 96.6 Å². The van der Waals surface area contributed by atoms with Crippen LogP contribution in [0, 0.1) is 0 Å². The van der Waals surface area contributed by atoms with E-state index >= 15 is 0 Å². The highest BCUT2D eigenvalue weighted by Gasteiger charge is 2.29. The molecule has 148 valence electrons. The SMILES string of the molecule is C=C/C=C\C=C(/C)C1C(C=C)=C(/C=C(\C)N(O)O)Oc2cc(N(O)O)ccc21. The van der Waals surface area contributed by atoms with Crippen LogP contribution in [-0.4, -0.2) is 26.1 Å². The Morgan fingerprint density at radius 3 is 2.39 bits per heavy atom. The molecule has 0 amide bonds. The second-order valence-electron chi connectivity index (χ2n) is 6.18. The minimum absolute atomic E-state index is 0.00326. The first kappa shape index (κ1) is 21.2. The second-order valence-corrected chi connectivity index (χ2v) is 6.18. The average Bonchev–Trinajstić information content (AvgIpc) is 2.66. The molecule has 1 aliphatic rings. The van der Waals surface area contributed by atoms with Gasteiger partial charge in [0.25, 0.3) is 0 Å². The van der Waals surface area contributed by atoms with Gasteiger partial charge in [-0.15, -0.1) is 10.5 Å². The van der Waals surface area contributed by atoms with Gasteiger partial charge in [0.2, 0.25) is 0 Å². The molecule has 7 heteroatoms. The molecule has 1 atom stereocenters. The Bertz CT molecular complexity index is 879. The molecule has 4 N–H and O–H groups in total. The molecule has 0 radical (unpaired) electrons. The lowest BCUT2D eigenvalue weighted by molar-refractivity contribution is -0.278. The summed E-state index contributed by atoms with van der Waals surface area (Å²) in [4.78, 5) is 0. The number of ether oxygens (including phenoxy) is 1. The van der Waals surface area contributed by atoms with Crippen LogP contribution in [0.1, 0.15) is 25.3 Å². The molecule has 0 aliphatic carbocycles. The van der Waals surface area contributed by atoms with Gasteiger partial charge in [-0.05, 0) is 19.9 Å². The van der Waals surface area contributed by atoms with Crippen LogP contribution in [0.3, 0.4) is 0 Å². The first-order valence-electron chi connectivity index (χ1n) is 8.48. The van der Waals surface area contributed by atoms with E-state index in [0.717, 1.165) is 16.7 Å². The van der Waals surface area contributed by atoms with Gasteiger partial charge in [-0.25, -0.2) is 0 Å². The molecule has 1 aromatic carbocycles. The molecule has 0 fully saturated rings. The lowest BCUT2D eigenvalue weighted by atomic mass is 9.82. The molecule has 1 aliphatic heterocycles. The van der Waals surface area contributed by atoms with Crippen molar-refractivity contribution in [3.8, 4) is 5.75 Å². The summed E-state index contributed by atoms with van der Waals surface area (Å²) in [5.74, 6) is 0.529. The largest absolute Gasteiger partial charge is 0.457 e. The molecule has 1 aromatic rings. The van der Waals surface area contributed by atoms with E-state index in [-0.39, 0.29) is 27.8 Å². The van der Waals surface area contributed by atoms with E-state index in [1.807, 2.05) is 19.1 Å². The fourth-order valence-corrected chi connectivity index (χ4v) is 2.91. The Balaban J connectivity index is 2.69. The van der Waals surface area contributed by atoms with Crippen molar-refractivity contribution in [2.75, 3.05) is 5.23 Å². The number of rotatable bonds is 7. The van der Waals surface area contributed by atoms with Gasteiger partial charge in [0, 0.05) is 29.2 Å². The third-order valence-electron chi connectivity index (χ3n) is 4.29. The zero-order valence-electron chi connectivity index (χ0n) is 15.8. The molecule has 2 rings (SSSR count). The van der Waals surface area contributed by atoms with Crippen LogP contribution in [0.25, 0.3) is 0 Å². The normalized spacial score (nSPS) is 17.3. The summed E-state index contributed by atoms with van der Waals surface area (Å²) < 4.78 is 5.93. The number of anilines is 1. The van der Waals surface area contributed by atoms with Crippen LogP contribution >= 0.6 is 0 Å². The van der Waals surface area contributed by atoms with Crippen LogP contribution in [0.5, 0.6) is 5.75 Å². The fraction of sp³-hybridized carbons (Fsp3) is 0.143. The quantitative estimate of drug-likeness (QED) is 0.394. The summed E-state index contributed by atoms with van der Waals surface area (Å²) in [6.07, 6.45) is 10.4. The van der Waals surface area contributed by atoms with Crippen LogP contribution in [0.4, 0.5) is 5.69 Å². The van der Waals surface area contributed by atoms with Gasteiger partial charge >= 0.3 is 0 Å². The van der Waals surface area contributed by atoms with E-state index in [0.29, 0.717) is 11.5 Å². The number of fused-ring (bicyclic) bond motifs is 1. The van der Waals surface area contributed by atoms with E-state index in [2.05, 4.69) is 13.2 Å². The highest BCUT2D eigenvalue weighted by Crippen LogP contribution is 2.45. The Kier molecular flexibility index (Phi) is 6.97. The summed E-state index contributed by atoms with van der Waals surface area (Å²) >= 11 is 0. The molecule has 0 saturated heterocycles. The predicted octanol–water partition coefficient (Wildman–Crippen LogP) is 4.86. The molecular formula is C21H24N2O5. The van der Waals surface area contributed by atoms with Crippen molar-refractivity contribution in [2.24, 2.45) is 0 Å². The van der Waals surface area contributed by atoms with Gasteiger partial charge in [-0.3, -0.25) is 20.8 Å². The summed E-state index contributed by atoms with van der Waals surface area (Å²) in [5, 5.41) is 37.1. The number of benzene rings is 1. The fourth-order valence-electron chi connectivity index (χ4n) is 2.91. The molecular weight excluding hydrogens is 360 g/mol. The number of hydrogen-bond acceptors (Lipinski definition) is 7. The van der Waals surface area contributed by atoms with Crippen LogP contribution in [0.2, 0.25) is 0 Å². The van der Waals surface area contributed by atoms with E-state index < -0.39 is 0 Å². The number of nitrogens with zero attached hydrogens (tertiary/aromatic N) is 2. The van der Waals surface area contributed by atoms with Gasteiger partial charge in [0.1, 0.15) is 11.5 Å². The standard InChI is InChI=1S/C21H24N2O5/c1-5-7-8-9-14(3)21-17(6-2)19(12-15(4)22(24)25)28-20-13-16(23(26)27)10-11-18(20)21/h5-13,21,24-27H,1-2H2,3-4H3/b8-7-,14-9+,15-12+. The molecule has 1 unspecified atom stereocenters. The van der Waals surface area contributed by atoms with Crippen molar-refractivity contribution in [1.29, 1.82) is 0 Å². The minimum Gasteiger partial charge on any atom is -0.457 e. The summed E-state index contributed by atoms with van der Waals surface area (Å²) in [7, 11) is 0. The molecule has 0 spiro atoms. The molecule has 28 heavy (non-hydrogen) atoms. The van der Waals surface area contributed by atoms with Gasteiger partial charge in [-0.2, -0.15) is 0 Å². The van der Waals surface area contributed by atoms with E-state index in [9.17, 15) is 20.8 Å². The van der Waals surface area contributed by atoms with Crippen LogP contribution < -0.4 is 9.96 Å². The zero-order valence-corrected chi connectivity index (χ0v) is 15.8. The lowest BCUT2D eigenvalue weighted by Crippen LogP contribution is -2.18. The third kappa shape index (κ3) is 4.59. The zero-order chi connectivity index (χ0) is 20.8. The Labute approximate surface area is 163 Å². The number of hydroxylamine groups is 2. The Hall–Kier alpha value is -3.10. The lowest BCUT2D eigenvalue weighted by Gasteiger charge is -2.30. The summed E-state index contributed by atoms with van der Waals surface area (Å²) in [5.41, 5.74) is 2.77. The molecule has 0 saturated carbocycles. The summed E-state index contributed by atoms with van der Waals surface area (Å²) in [6, 6.07) is 4.77. The van der Waals surface area contributed by atoms with Crippen molar-refractivity contribution in [2.45, 2.75) is 19.8 Å². The van der Waals surface area contributed by atoms with Gasteiger partial charge in [0.05, 0.1) is 11.4 Å². The van der Waals surface area contributed by atoms with Crippen molar-refractivity contribution in [3.63, 3.8) is 0 Å². The van der Waals surface area contributed by atoms with Crippen molar-refractivity contribution in [1.82, 2.24) is 5.23 Å². The summed E-state index contributed by atoms with van der Waals surface area (Å²) in [6.45, 7) is 11.0. The highest BCUT2D eigenvalue weighted by atomic mass is 16.8. The Morgan fingerprint density at radius 1 is 1.11 bits per heavy atom. The maximum atomic E-state index is 9.32. The van der Waals surface area contributed by atoms with E-state index in [1.165, 1.54) is 19.1 Å². The Morgan fingerprint density at radius 2 is 1.82 bits per heavy atom. The monoisotopic (exact) mass is 384 g/mol. The smallest absolute Gasteiger partial charge is 0.133 e. The first-order chi connectivity index (χ1) is 13.3. The predicted molar refractivity (Wildman–Crippen MR) is 105 cm³/mol.